The lowest BCUT2D eigenvalue weighted by Gasteiger charge is -2.33. The summed E-state index contributed by atoms with van der Waals surface area (Å²) in [5.41, 5.74) is 0.177. The summed E-state index contributed by atoms with van der Waals surface area (Å²) in [5.74, 6) is -3.93. The molecule has 3 saturated carbocycles. The van der Waals surface area contributed by atoms with Gasteiger partial charge >= 0.3 is 6.09 Å². The van der Waals surface area contributed by atoms with Gasteiger partial charge in [-0.1, -0.05) is 68.8 Å². The number of fused-ring (bicyclic) bond motifs is 1. The minimum Gasteiger partial charge on any atom is -0.444 e. The number of likely N-dealkylation sites (tertiary alicyclic amines) is 1. The van der Waals surface area contributed by atoms with Gasteiger partial charge in [0.1, 0.15) is 35.5 Å². The first-order valence-electron chi connectivity index (χ1n) is 22.1. The first kappa shape index (κ1) is 45.9. The van der Waals surface area contributed by atoms with Gasteiger partial charge in [0.05, 0.1) is 24.5 Å². The number of hydrogen-bond acceptors (Lipinski definition) is 11. The van der Waals surface area contributed by atoms with Crippen molar-refractivity contribution < 1.29 is 41.9 Å². The average molecular weight is 910 g/mol. The van der Waals surface area contributed by atoms with Crippen LogP contribution >= 0.6 is 11.6 Å². The lowest BCUT2D eigenvalue weighted by Crippen LogP contribution is -2.60. The predicted molar refractivity (Wildman–Crippen MR) is 231 cm³/mol. The summed E-state index contributed by atoms with van der Waals surface area (Å²) in [5, 5.41) is 8.46. The van der Waals surface area contributed by atoms with Crippen LogP contribution in [0.2, 0.25) is 5.02 Å². The molecule has 6 amide bonds. The zero-order valence-electron chi connectivity index (χ0n) is 35.6. The lowest BCUT2D eigenvalue weighted by atomic mass is 9.83. The maximum Gasteiger partial charge on any atom is 0.410 e. The van der Waals surface area contributed by atoms with E-state index in [0.29, 0.717) is 43.5 Å². The monoisotopic (exact) mass is 908 g/mol. The van der Waals surface area contributed by atoms with E-state index in [1.807, 2.05) is 6.07 Å². The molecule has 17 nitrogen and oxygen atoms in total. The Hall–Kier alpha value is -5.10. The molecule has 1 aromatic carbocycles. The maximum absolute atomic E-state index is 15.0. The van der Waals surface area contributed by atoms with Gasteiger partial charge in [0.15, 0.2) is 0 Å². The van der Waals surface area contributed by atoms with E-state index in [-0.39, 0.29) is 50.5 Å². The molecule has 1 saturated heterocycles. The fourth-order valence-electron chi connectivity index (χ4n) is 9.09. The van der Waals surface area contributed by atoms with E-state index in [1.54, 1.807) is 25.1 Å². The molecule has 63 heavy (non-hydrogen) atoms. The van der Waals surface area contributed by atoms with Gasteiger partial charge < -0.3 is 25.6 Å². The fourth-order valence-corrected chi connectivity index (χ4v) is 10.7. The van der Waals surface area contributed by atoms with Crippen molar-refractivity contribution >= 4 is 57.3 Å². The van der Waals surface area contributed by atoms with Crippen molar-refractivity contribution in [3.63, 3.8) is 0 Å². The minimum absolute atomic E-state index is 0.0370. The van der Waals surface area contributed by atoms with E-state index in [1.165, 1.54) is 28.4 Å². The molecule has 7 rings (SSSR count). The molecule has 340 valence electrons. The fraction of sp³-hybridized carbons (Fsp3) is 0.591. The first-order valence-corrected chi connectivity index (χ1v) is 24.0. The number of carbonyl (C=O) groups is 6. The van der Waals surface area contributed by atoms with Crippen molar-refractivity contribution in [3.05, 3.63) is 71.3 Å². The maximum atomic E-state index is 15.0. The number of hydrogen-bond donors (Lipinski definition) is 4. The normalized spacial score (nSPS) is 24.1. The molecule has 4 N–H and O–H groups in total. The van der Waals surface area contributed by atoms with Gasteiger partial charge in [0.2, 0.25) is 27.7 Å². The second-order valence-electron chi connectivity index (χ2n) is 17.7. The van der Waals surface area contributed by atoms with Crippen molar-refractivity contribution in [2.75, 3.05) is 6.54 Å². The summed E-state index contributed by atoms with van der Waals surface area (Å²) in [4.78, 5) is 95.3. The van der Waals surface area contributed by atoms with Crippen LogP contribution < -0.4 is 20.7 Å². The molecule has 5 aliphatic rings. The highest BCUT2D eigenvalue weighted by Crippen LogP contribution is 2.44. The van der Waals surface area contributed by atoms with Gasteiger partial charge in [-0.25, -0.2) is 18.2 Å². The van der Waals surface area contributed by atoms with Crippen molar-refractivity contribution in [2.45, 2.75) is 145 Å². The topological polar surface area (TPSA) is 226 Å². The number of allylic oxidation sites excluding steroid dienone is 1. The summed E-state index contributed by atoms with van der Waals surface area (Å²) < 4.78 is 33.7. The van der Waals surface area contributed by atoms with Crippen LogP contribution in [0.5, 0.6) is 0 Å². The molecule has 2 aromatic rings. The predicted octanol–water partition coefficient (Wildman–Crippen LogP) is 4.06. The van der Waals surface area contributed by atoms with Gasteiger partial charge in [0, 0.05) is 30.4 Å². The molecule has 1 aromatic heterocycles. The van der Waals surface area contributed by atoms with Gasteiger partial charge in [-0.15, -0.1) is 6.58 Å². The number of carbonyl (C=O) groups excluding carboxylic acids is 6. The summed E-state index contributed by atoms with van der Waals surface area (Å²) in [6, 6.07) is 2.00. The van der Waals surface area contributed by atoms with Crippen molar-refractivity contribution in [1.29, 1.82) is 0 Å². The smallest absolute Gasteiger partial charge is 0.410 e. The molecule has 0 unspecified atom stereocenters. The van der Waals surface area contributed by atoms with E-state index >= 15 is 0 Å². The number of sulfonamides is 1. The van der Waals surface area contributed by atoms with E-state index in [9.17, 15) is 37.2 Å². The Kier molecular flexibility index (Phi) is 14.4. The van der Waals surface area contributed by atoms with Crippen LogP contribution in [0.4, 0.5) is 4.79 Å². The number of nitrogens with zero attached hydrogens (tertiary/aromatic N) is 4. The number of aromatic nitrogens is 2. The Bertz CT molecular complexity index is 2190. The zero-order valence-corrected chi connectivity index (χ0v) is 37.1. The Morgan fingerprint density at radius 1 is 1.02 bits per heavy atom. The Balaban J connectivity index is 1.13. The minimum atomic E-state index is -3.93. The second kappa shape index (κ2) is 19.7. The Labute approximate surface area is 372 Å². The molecule has 4 fully saturated rings. The summed E-state index contributed by atoms with van der Waals surface area (Å²) in [6.07, 6.45) is 12.3. The number of rotatable bonds is 18. The Morgan fingerprint density at radius 3 is 2.44 bits per heavy atom. The van der Waals surface area contributed by atoms with Crippen LogP contribution in [-0.2, 0) is 47.0 Å². The third-order valence-corrected chi connectivity index (χ3v) is 15.2. The van der Waals surface area contributed by atoms with E-state index in [2.05, 4.69) is 37.2 Å². The zero-order chi connectivity index (χ0) is 44.9. The third kappa shape index (κ3) is 10.8. The standard InChI is InChI=1S/C44H57ClN8O9S/c1-3-4-5-6-10-16-34(48-40(56)37(28-12-8-7-9-13-28)49-38(54)35-23-46-19-20-47-35)41(57)53-25-30(62-43(59)52-24-29-14-11-15-33(45)32(29)26-52)21-36(53)39(55)50-44(22-27(44)2)42(58)51-63(60,61)31-17-18-31/h3,11,14-15,19-20,23,27-28,30-31,34,36-37H,1,4-10,12-13,16-18,21-22,24-26H2,2H3,(H,48,56)(H,49,54)(H,50,55)(H,51,58)/t27-,30-,34+,36+,37+,44-/m1/s1. The third-order valence-electron chi connectivity index (χ3n) is 13.1. The first-order chi connectivity index (χ1) is 30.2. The highest BCUT2D eigenvalue weighted by atomic mass is 35.5. The Morgan fingerprint density at radius 2 is 1.78 bits per heavy atom. The summed E-state index contributed by atoms with van der Waals surface area (Å²) in [6.45, 7) is 5.77. The SMILES string of the molecule is C=CCCCCC[C@H](NC(=O)[C@@H](NC(=O)c1cnccn1)C1CCCCC1)C(=O)N1C[C@H](OC(=O)N2Cc3cccc(Cl)c3C2)C[C@H]1C(=O)N[C@]1(C(=O)NS(=O)(=O)C2CC2)C[C@H]1C. The van der Waals surface area contributed by atoms with E-state index in [0.717, 1.165) is 43.2 Å². The van der Waals surface area contributed by atoms with Crippen LogP contribution in [-0.4, -0.2) is 105 Å². The highest BCUT2D eigenvalue weighted by molar-refractivity contribution is 7.91. The average Bonchev–Trinajstić information content (AvgIpc) is 4.14. The van der Waals surface area contributed by atoms with Crippen molar-refractivity contribution in [1.82, 2.24) is 40.4 Å². The van der Waals surface area contributed by atoms with Crippen LogP contribution in [0.25, 0.3) is 0 Å². The van der Waals surface area contributed by atoms with E-state index in [4.69, 9.17) is 16.3 Å². The molecule has 2 aliphatic heterocycles. The van der Waals surface area contributed by atoms with Crippen LogP contribution in [0.15, 0.2) is 49.4 Å². The lowest BCUT2D eigenvalue weighted by molar-refractivity contribution is -0.143. The molecule has 19 heteroatoms. The summed E-state index contributed by atoms with van der Waals surface area (Å²) in [7, 11) is -3.93. The molecule has 0 spiro atoms. The van der Waals surface area contributed by atoms with Gasteiger partial charge in [-0.3, -0.25) is 38.6 Å². The number of ether oxygens (including phenoxy) is 1. The van der Waals surface area contributed by atoms with Crippen LogP contribution in [0.3, 0.4) is 0 Å². The van der Waals surface area contributed by atoms with Crippen LogP contribution in [0.1, 0.15) is 118 Å². The molecule has 3 heterocycles. The molecule has 3 aliphatic carbocycles. The second-order valence-corrected chi connectivity index (χ2v) is 20.0. The molecular weight excluding hydrogens is 852 g/mol. The molecule has 6 atom stereocenters. The highest BCUT2D eigenvalue weighted by Gasteiger charge is 2.61. The molecule has 0 bridgehead atoms. The van der Waals surface area contributed by atoms with Gasteiger partial charge in [0.25, 0.3) is 11.8 Å². The van der Waals surface area contributed by atoms with Gasteiger partial charge in [-0.2, -0.15) is 0 Å². The van der Waals surface area contributed by atoms with Crippen molar-refractivity contribution in [2.24, 2.45) is 11.8 Å². The molecular formula is C44H57ClN8O9S. The number of halogens is 1. The van der Waals surface area contributed by atoms with Gasteiger partial charge in [-0.05, 0) is 80.4 Å². The molecule has 0 radical (unpaired) electrons. The number of amides is 6. The van der Waals surface area contributed by atoms with E-state index < -0.39 is 86.6 Å². The number of nitrogens with one attached hydrogen (secondary N) is 4. The van der Waals surface area contributed by atoms with Crippen LogP contribution in [0, 0.1) is 11.8 Å². The number of benzene rings is 1. The number of unbranched alkanes of at least 4 members (excludes halogenated alkanes) is 3. The largest absolute Gasteiger partial charge is 0.444 e. The summed E-state index contributed by atoms with van der Waals surface area (Å²) >= 11 is 6.42. The quantitative estimate of drug-likeness (QED) is 0.123. The van der Waals surface area contributed by atoms with Crippen molar-refractivity contribution in [3.8, 4) is 0 Å².